The zero-order chi connectivity index (χ0) is 10.7. The SMILES string of the molecule is CCc1n[nH]c(=S)n1/N=C\c1cccs1. The highest BCUT2D eigenvalue weighted by Gasteiger charge is 2.00. The molecule has 0 aromatic carbocycles. The highest BCUT2D eigenvalue weighted by molar-refractivity contribution is 7.71. The average molecular weight is 238 g/mol. The average Bonchev–Trinajstić information content (AvgIpc) is 2.84. The Morgan fingerprint density at radius 3 is 3.27 bits per heavy atom. The number of rotatable bonds is 3. The first-order chi connectivity index (χ1) is 7.31. The van der Waals surface area contributed by atoms with E-state index in [2.05, 4.69) is 15.3 Å². The molecule has 0 atom stereocenters. The summed E-state index contributed by atoms with van der Waals surface area (Å²) in [6.45, 7) is 2.02. The minimum Gasteiger partial charge on any atom is -0.250 e. The topological polar surface area (TPSA) is 46.0 Å². The Hall–Kier alpha value is -1.27. The molecule has 0 amide bonds. The van der Waals surface area contributed by atoms with E-state index in [-0.39, 0.29) is 0 Å². The van der Waals surface area contributed by atoms with E-state index in [9.17, 15) is 0 Å². The van der Waals surface area contributed by atoms with E-state index in [1.807, 2.05) is 24.4 Å². The van der Waals surface area contributed by atoms with Crippen LogP contribution in [0.4, 0.5) is 0 Å². The Morgan fingerprint density at radius 1 is 1.73 bits per heavy atom. The van der Waals surface area contributed by atoms with Crippen molar-refractivity contribution in [3.05, 3.63) is 33.0 Å². The van der Waals surface area contributed by atoms with Crippen molar-refractivity contribution >= 4 is 29.8 Å². The molecule has 0 spiro atoms. The van der Waals surface area contributed by atoms with E-state index in [0.717, 1.165) is 17.1 Å². The summed E-state index contributed by atoms with van der Waals surface area (Å²) in [7, 11) is 0. The van der Waals surface area contributed by atoms with Gasteiger partial charge in [0.1, 0.15) is 0 Å². The normalized spacial score (nSPS) is 11.3. The van der Waals surface area contributed by atoms with Crippen molar-refractivity contribution in [1.29, 1.82) is 0 Å². The zero-order valence-corrected chi connectivity index (χ0v) is 9.81. The lowest BCUT2D eigenvalue weighted by atomic mass is 10.5. The van der Waals surface area contributed by atoms with Crippen LogP contribution in [0.3, 0.4) is 0 Å². The number of nitrogens with one attached hydrogen (secondary N) is 1. The fourth-order valence-electron chi connectivity index (χ4n) is 1.15. The molecule has 0 saturated heterocycles. The highest BCUT2D eigenvalue weighted by Crippen LogP contribution is 2.05. The summed E-state index contributed by atoms with van der Waals surface area (Å²) in [5.74, 6) is 0.841. The third-order valence-electron chi connectivity index (χ3n) is 1.88. The fourth-order valence-corrected chi connectivity index (χ4v) is 1.93. The minimum atomic E-state index is 0.527. The van der Waals surface area contributed by atoms with Crippen molar-refractivity contribution in [2.75, 3.05) is 0 Å². The van der Waals surface area contributed by atoms with Crippen LogP contribution in [0.15, 0.2) is 22.6 Å². The van der Waals surface area contributed by atoms with Crippen molar-refractivity contribution in [3.8, 4) is 0 Å². The van der Waals surface area contributed by atoms with E-state index in [0.29, 0.717) is 4.77 Å². The summed E-state index contributed by atoms with van der Waals surface area (Å²) >= 11 is 6.71. The van der Waals surface area contributed by atoms with Crippen LogP contribution in [-0.4, -0.2) is 21.1 Å². The second-order valence-electron chi connectivity index (χ2n) is 2.87. The van der Waals surface area contributed by atoms with Gasteiger partial charge in [0, 0.05) is 11.3 Å². The maximum Gasteiger partial charge on any atom is 0.216 e. The molecule has 2 rings (SSSR count). The molecule has 0 bridgehead atoms. The molecule has 2 aromatic rings. The molecule has 0 aliphatic carbocycles. The van der Waals surface area contributed by atoms with Gasteiger partial charge in [-0.15, -0.1) is 11.3 Å². The first-order valence-corrected chi connectivity index (χ1v) is 5.84. The highest BCUT2D eigenvalue weighted by atomic mass is 32.1. The Labute approximate surface area is 96.3 Å². The molecule has 2 heterocycles. The van der Waals surface area contributed by atoms with Crippen LogP contribution >= 0.6 is 23.6 Å². The summed E-state index contributed by atoms with van der Waals surface area (Å²) in [5, 5.41) is 13.1. The summed E-state index contributed by atoms with van der Waals surface area (Å²) < 4.78 is 2.18. The van der Waals surface area contributed by atoms with Crippen LogP contribution in [0.2, 0.25) is 0 Å². The third-order valence-corrected chi connectivity index (χ3v) is 2.95. The maximum absolute atomic E-state index is 5.07. The Morgan fingerprint density at radius 2 is 2.60 bits per heavy atom. The predicted octanol–water partition coefficient (Wildman–Crippen LogP) is 2.45. The van der Waals surface area contributed by atoms with Crippen molar-refractivity contribution in [2.45, 2.75) is 13.3 Å². The molecule has 0 radical (unpaired) electrons. The van der Waals surface area contributed by atoms with Crippen molar-refractivity contribution in [1.82, 2.24) is 14.9 Å². The number of hydrogen-bond donors (Lipinski definition) is 1. The zero-order valence-electron chi connectivity index (χ0n) is 8.17. The van der Waals surface area contributed by atoms with Gasteiger partial charge < -0.3 is 0 Å². The number of aromatic nitrogens is 3. The molecule has 2 aromatic heterocycles. The first kappa shape index (κ1) is 10.3. The van der Waals surface area contributed by atoms with Crippen LogP contribution in [0.25, 0.3) is 0 Å². The molecule has 4 nitrogen and oxygen atoms in total. The lowest BCUT2D eigenvalue weighted by molar-refractivity contribution is 0.780. The smallest absolute Gasteiger partial charge is 0.216 e. The van der Waals surface area contributed by atoms with E-state index >= 15 is 0 Å². The molecular formula is C9H10N4S2. The van der Waals surface area contributed by atoms with Gasteiger partial charge in [0.15, 0.2) is 5.82 Å². The fraction of sp³-hybridized carbons (Fsp3) is 0.222. The third kappa shape index (κ3) is 2.21. The Balaban J connectivity index is 2.31. The number of H-pyrrole nitrogens is 1. The summed E-state index contributed by atoms with van der Waals surface area (Å²) in [6, 6.07) is 3.99. The van der Waals surface area contributed by atoms with Crippen molar-refractivity contribution in [3.63, 3.8) is 0 Å². The number of aryl methyl sites for hydroxylation is 1. The molecule has 0 aliphatic heterocycles. The van der Waals surface area contributed by atoms with Gasteiger partial charge in [-0.1, -0.05) is 13.0 Å². The number of hydrogen-bond acceptors (Lipinski definition) is 4. The number of aromatic amines is 1. The monoisotopic (exact) mass is 238 g/mol. The Bertz CT molecular complexity index is 506. The number of nitrogens with zero attached hydrogens (tertiary/aromatic N) is 3. The molecule has 0 saturated carbocycles. The van der Waals surface area contributed by atoms with Crippen LogP contribution in [0.5, 0.6) is 0 Å². The van der Waals surface area contributed by atoms with Gasteiger partial charge in [0.25, 0.3) is 0 Å². The molecule has 15 heavy (non-hydrogen) atoms. The van der Waals surface area contributed by atoms with Gasteiger partial charge in [-0.2, -0.15) is 14.9 Å². The molecule has 0 aliphatic rings. The summed E-state index contributed by atoms with van der Waals surface area (Å²) in [4.78, 5) is 1.10. The second kappa shape index (κ2) is 4.50. The summed E-state index contributed by atoms with van der Waals surface area (Å²) in [6.07, 6.45) is 2.59. The van der Waals surface area contributed by atoms with Crippen LogP contribution < -0.4 is 0 Å². The van der Waals surface area contributed by atoms with Gasteiger partial charge in [-0.3, -0.25) is 5.10 Å². The maximum atomic E-state index is 5.07. The van der Waals surface area contributed by atoms with Crippen LogP contribution in [0, 0.1) is 4.77 Å². The standard InChI is InChI=1S/C9H10N4S2/c1-2-8-11-12-9(14)13(8)10-6-7-4-3-5-15-7/h3-6H,2H2,1H3,(H,12,14)/b10-6-. The van der Waals surface area contributed by atoms with Crippen molar-refractivity contribution < 1.29 is 0 Å². The van der Waals surface area contributed by atoms with Gasteiger partial charge >= 0.3 is 0 Å². The molecule has 0 fully saturated rings. The van der Waals surface area contributed by atoms with Crippen molar-refractivity contribution in [2.24, 2.45) is 5.10 Å². The van der Waals surface area contributed by atoms with Gasteiger partial charge in [-0.05, 0) is 23.7 Å². The largest absolute Gasteiger partial charge is 0.250 e. The lowest BCUT2D eigenvalue weighted by Crippen LogP contribution is -1.96. The van der Waals surface area contributed by atoms with Crippen LogP contribution in [0.1, 0.15) is 17.6 Å². The molecule has 78 valence electrons. The van der Waals surface area contributed by atoms with E-state index < -0.39 is 0 Å². The van der Waals surface area contributed by atoms with E-state index in [1.54, 1.807) is 22.2 Å². The molecule has 6 heteroatoms. The van der Waals surface area contributed by atoms with Gasteiger partial charge in [0.05, 0.1) is 6.21 Å². The quantitative estimate of drug-likeness (QED) is 0.659. The number of thiophene rings is 1. The molecular weight excluding hydrogens is 228 g/mol. The molecule has 0 unspecified atom stereocenters. The van der Waals surface area contributed by atoms with Gasteiger partial charge in [0.2, 0.25) is 4.77 Å². The minimum absolute atomic E-state index is 0.527. The summed E-state index contributed by atoms with van der Waals surface area (Å²) in [5.41, 5.74) is 0. The van der Waals surface area contributed by atoms with Crippen LogP contribution in [-0.2, 0) is 6.42 Å². The van der Waals surface area contributed by atoms with Gasteiger partial charge in [-0.25, -0.2) is 0 Å². The van der Waals surface area contributed by atoms with E-state index in [1.165, 1.54) is 0 Å². The first-order valence-electron chi connectivity index (χ1n) is 4.55. The molecule has 1 N–H and O–H groups in total. The Kier molecular flexibility index (Phi) is 3.08. The second-order valence-corrected chi connectivity index (χ2v) is 4.24. The lowest BCUT2D eigenvalue weighted by Gasteiger charge is -1.94. The predicted molar refractivity (Wildman–Crippen MR) is 64.1 cm³/mol. The van der Waals surface area contributed by atoms with E-state index in [4.69, 9.17) is 12.2 Å².